The van der Waals surface area contributed by atoms with Crippen molar-refractivity contribution < 1.29 is 13.2 Å². The van der Waals surface area contributed by atoms with Crippen molar-refractivity contribution in [3.05, 3.63) is 29.8 Å². The van der Waals surface area contributed by atoms with Gasteiger partial charge in [0.25, 0.3) is 5.91 Å². The first kappa shape index (κ1) is 18.4. The molecule has 0 bridgehead atoms. The number of piperidine rings is 1. The normalized spacial score (nSPS) is 18.9. The van der Waals surface area contributed by atoms with E-state index in [9.17, 15) is 13.2 Å². The van der Waals surface area contributed by atoms with Gasteiger partial charge in [0.2, 0.25) is 10.0 Å². The molecule has 0 atom stereocenters. The highest BCUT2D eigenvalue weighted by Gasteiger charge is 2.29. The highest BCUT2D eigenvalue weighted by atomic mass is 32.2. The largest absolute Gasteiger partial charge is 0.336 e. The lowest BCUT2D eigenvalue weighted by Gasteiger charge is -2.34. The first-order chi connectivity index (χ1) is 12.0. The average Bonchev–Trinajstić information content (AvgIpc) is 3.43. The summed E-state index contributed by atoms with van der Waals surface area (Å²) in [4.78, 5) is 15.1. The van der Waals surface area contributed by atoms with Crippen LogP contribution < -0.4 is 10.0 Å². The minimum Gasteiger partial charge on any atom is -0.336 e. The van der Waals surface area contributed by atoms with Crippen LogP contribution in [-0.4, -0.2) is 50.9 Å². The average molecular weight is 365 g/mol. The molecule has 2 aliphatic rings. The lowest BCUT2D eigenvalue weighted by molar-refractivity contribution is 0.0642. The van der Waals surface area contributed by atoms with Crippen molar-refractivity contribution >= 4 is 15.9 Å². The molecular weight excluding hydrogens is 338 g/mol. The number of amides is 1. The Morgan fingerprint density at radius 3 is 2.60 bits per heavy atom. The van der Waals surface area contributed by atoms with Crippen LogP contribution in [0, 0.1) is 0 Å². The minimum atomic E-state index is -3.55. The number of rotatable bonds is 7. The van der Waals surface area contributed by atoms with Crippen molar-refractivity contribution in [2.45, 2.75) is 56.0 Å². The molecule has 138 valence electrons. The third kappa shape index (κ3) is 4.59. The van der Waals surface area contributed by atoms with Crippen LogP contribution in [0.1, 0.15) is 49.4 Å². The Morgan fingerprint density at radius 2 is 1.96 bits per heavy atom. The molecule has 0 unspecified atom stereocenters. The van der Waals surface area contributed by atoms with E-state index in [0.29, 0.717) is 12.1 Å². The number of hydrogen-bond acceptors (Lipinski definition) is 4. The molecule has 1 saturated heterocycles. The second-order valence-electron chi connectivity index (χ2n) is 6.90. The van der Waals surface area contributed by atoms with E-state index in [0.717, 1.165) is 45.2 Å². The fourth-order valence-corrected chi connectivity index (χ4v) is 4.61. The standard InChI is InChI=1S/C18H27N3O3S/c1-2-12-21(16-8-10-19-11-9-16)18(22)14-4-3-5-17(13-14)25(23,24)20-15-6-7-15/h3-5,13,15-16,19-20H,2,6-12H2,1H3. The number of sulfonamides is 1. The van der Waals surface area contributed by atoms with Crippen molar-refractivity contribution in [3.63, 3.8) is 0 Å². The van der Waals surface area contributed by atoms with Crippen LogP contribution in [0.15, 0.2) is 29.2 Å². The lowest BCUT2D eigenvalue weighted by atomic mass is 10.0. The number of benzene rings is 1. The van der Waals surface area contributed by atoms with Gasteiger partial charge in [0.1, 0.15) is 0 Å². The summed E-state index contributed by atoms with van der Waals surface area (Å²) in [7, 11) is -3.55. The van der Waals surface area contributed by atoms with Crippen molar-refractivity contribution in [2.24, 2.45) is 0 Å². The Bertz CT molecular complexity index is 710. The van der Waals surface area contributed by atoms with Crippen LogP contribution in [-0.2, 0) is 10.0 Å². The molecule has 3 rings (SSSR count). The predicted molar refractivity (Wildman–Crippen MR) is 97.0 cm³/mol. The first-order valence-electron chi connectivity index (χ1n) is 9.15. The van der Waals surface area contributed by atoms with Crippen LogP contribution in [0.2, 0.25) is 0 Å². The summed E-state index contributed by atoms with van der Waals surface area (Å²) in [5, 5.41) is 3.32. The van der Waals surface area contributed by atoms with Crippen LogP contribution in [0.3, 0.4) is 0 Å². The van der Waals surface area contributed by atoms with E-state index >= 15 is 0 Å². The maximum atomic E-state index is 13.0. The van der Waals surface area contributed by atoms with E-state index in [1.807, 2.05) is 4.90 Å². The van der Waals surface area contributed by atoms with Crippen molar-refractivity contribution in [3.8, 4) is 0 Å². The van der Waals surface area contributed by atoms with Crippen LogP contribution in [0.4, 0.5) is 0 Å². The zero-order chi connectivity index (χ0) is 17.9. The van der Waals surface area contributed by atoms with Gasteiger partial charge in [-0.1, -0.05) is 13.0 Å². The third-order valence-electron chi connectivity index (χ3n) is 4.77. The van der Waals surface area contributed by atoms with Crippen LogP contribution in [0.25, 0.3) is 0 Å². The molecule has 0 radical (unpaired) electrons. The third-order valence-corrected chi connectivity index (χ3v) is 6.28. The molecule has 0 aromatic heterocycles. The zero-order valence-corrected chi connectivity index (χ0v) is 15.5. The second kappa shape index (κ2) is 7.85. The van der Waals surface area contributed by atoms with E-state index in [-0.39, 0.29) is 22.9 Å². The topological polar surface area (TPSA) is 78.5 Å². The van der Waals surface area contributed by atoms with E-state index in [1.165, 1.54) is 6.07 Å². The highest BCUT2D eigenvalue weighted by molar-refractivity contribution is 7.89. The maximum absolute atomic E-state index is 13.0. The monoisotopic (exact) mass is 365 g/mol. The van der Waals surface area contributed by atoms with Crippen molar-refractivity contribution in [1.82, 2.24) is 14.9 Å². The van der Waals surface area contributed by atoms with E-state index in [2.05, 4.69) is 17.0 Å². The summed E-state index contributed by atoms with van der Waals surface area (Å²) < 4.78 is 27.5. The van der Waals surface area contributed by atoms with Gasteiger partial charge in [-0.15, -0.1) is 0 Å². The molecule has 0 spiro atoms. The Morgan fingerprint density at radius 1 is 1.24 bits per heavy atom. The van der Waals surface area contributed by atoms with Gasteiger partial charge in [0, 0.05) is 24.2 Å². The smallest absolute Gasteiger partial charge is 0.254 e. The first-order valence-corrected chi connectivity index (χ1v) is 10.6. The minimum absolute atomic E-state index is 0.0516. The van der Waals surface area contributed by atoms with Gasteiger partial charge >= 0.3 is 0 Å². The molecule has 1 saturated carbocycles. The summed E-state index contributed by atoms with van der Waals surface area (Å²) >= 11 is 0. The summed E-state index contributed by atoms with van der Waals surface area (Å²) in [6.45, 7) is 4.58. The number of carbonyl (C=O) groups is 1. The SMILES string of the molecule is CCCN(C(=O)c1cccc(S(=O)(=O)NC2CC2)c1)C1CCNCC1. The fourth-order valence-electron chi connectivity index (χ4n) is 3.26. The summed E-state index contributed by atoms with van der Waals surface area (Å²) in [6, 6.07) is 6.70. The predicted octanol–water partition coefficient (Wildman–Crippen LogP) is 1.73. The molecule has 1 aromatic rings. The number of hydrogen-bond donors (Lipinski definition) is 2. The number of carbonyl (C=O) groups excluding carboxylic acids is 1. The molecule has 1 aliphatic carbocycles. The Labute approximate surface area is 150 Å². The van der Waals surface area contributed by atoms with E-state index in [1.54, 1.807) is 18.2 Å². The Hall–Kier alpha value is -1.44. The molecular formula is C18H27N3O3S. The molecule has 1 aliphatic heterocycles. The number of nitrogens with one attached hydrogen (secondary N) is 2. The summed E-state index contributed by atoms with van der Waals surface area (Å²) in [5.41, 5.74) is 0.450. The molecule has 2 N–H and O–H groups in total. The molecule has 6 nitrogen and oxygen atoms in total. The Kier molecular flexibility index (Phi) is 5.76. The highest BCUT2D eigenvalue weighted by Crippen LogP contribution is 2.23. The second-order valence-corrected chi connectivity index (χ2v) is 8.62. The molecule has 1 aromatic carbocycles. The molecule has 1 amide bonds. The fraction of sp³-hybridized carbons (Fsp3) is 0.611. The number of nitrogens with zero attached hydrogens (tertiary/aromatic N) is 1. The van der Waals surface area contributed by atoms with Gasteiger partial charge < -0.3 is 10.2 Å². The van der Waals surface area contributed by atoms with Gasteiger partial charge in [-0.25, -0.2) is 13.1 Å². The summed E-state index contributed by atoms with van der Waals surface area (Å²) in [6.07, 6.45) is 4.53. The maximum Gasteiger partial charge on any atom is 0.254 e. The van der Waals surface area contributed by atoms with Crippen LogP contribution in [0.5, 0.6) is 0 Å². The van der Waals surface area contributed by atoms with Gasteiger partial charge in [-0.2, -0.15) is 0 Å². The van der Waals surface area contributed by atoms with Crippen molar-refractivity contribution in [2.75, 3.05) is 19.6 Å². The summed E-state index contributed by atoms with van der Waals surface area (Å²) in [5.74, 6) is -0.0720. The van der Waals surface area contributed by atoms with Gasteiger partial charge in [0.15, 0.2) is 0 Å². The quantitative estimate of drug-likeness (QED) is 0.771. The molecule has 2 fully saturated rings. The molecule has 7 heteroatoms. The van der Waals surface area contributed by atoms with E-state index in [4.69, 9.17) is 0 Å². The van der Waals surface area contributed by atoms with E-state index < -0.39 is 10.0 Å². The Balaban J connectivity index is 1.81. The lowest BCUT2D eigenvalue weighted by Crippen LogP contribution is -2.46. The van der Waals surface area contributed by atoms with Gasteiger partial charge in [-0.3, -0.25) is 4.79 Å². The zero-order valence-electron chi connectivity index (χ0n) is 14.7. The van der Waals surface area contributed by atoms with Gasteiger partial charge in [0.05, 0.1) is 4.90 Å². The molecule has 25 heavy (non-hydrogen) atoms. The van der Waals surface area contributed by atoms with Gasteiger partial charge in [-0.05, 0) is 63.4 Å². The van der Waals surface area contributed by atoms with Crippen LogP contribution >= 0.6 is 0 Å². The van der Waals surface area contributed by atoms with Crippen molar-refractivity contribution in [1.29, 1.82) is 0 Å². The molecule has 1 heterocycles.